The lowest BCUT2D eigenvalue weighted by molar-refractivity contribution is 0.101. The molecule has 1 amide bonds. The summed E-state index contributed by atoms with van der Waals surface area (Å²) in [6.07, 6.45) is 6.93. The predicted octanol–water partition coefficient (Wildman–Crippen LogP) is 5.24. The minimum Gasteiger partial charge on any atom is -0.493 e. The number of thioether (sulfide) groups is 1. The highest BCUT2D eigenvalue weighted by Gasteiger charge is 2.39. The third-order valence-corrected chi connectivity index (χ3v) is 7.22. The Hall–Kier alpha value is -3.19. The second kappa shape index (κ2) is 9.35. The monoisotopic (exact) mass is 458 g/mol. The number of nitrogens with zero attached hydrogens (tertiary/aromatic N) is 3. The number of anilines is 1. The Morgan fingerprint density at radius 2 is 1.91 bits per heavy atom. The summed E-state index contributed by atoms with van der Waals surface area (Å²) in [6.45, 7) is 2.81. The van der Waals surface area contributed by atoms with Gasteiger partial charge in [-0.3, -0.25) is 9.79 Å². The summed E-state index contributed by atoms with van der Waals surface area (Å²) in [5.41, 5.74) is 3.63. The van der Waals surface area contributed by atoms with E-state index < -0.39 is 0 Å². The Balaban J connectivity index is 1.34. The minimum atomic E-state index is -0.330. The second-order valence-electron chi connectivity index (χ2n) is 8.33. The van der Waals surface area contributed by atoms with E-state index in [0.717, 1.165) is 48.3 Å². The van der Waals surface area contributed by atoms with Crippen LogP contribution in [-0.2, 0) is 12.0 Å². The zero-order valence-corrected chi connectivity index (χ0v) is 19.4. The molecule has 0 saturated carbocycles. The Morgan fingerprint density at radius 3 is 2.70 bits per heavy atom. The van der Waals surface area contributed by atoms with Gasteiger partial charge in [-0.15, -0.1) is 11.8 Å². The van der Waals surface area contributed by atoms with E-state index in [0.29, 0.717) is 12.3 Å². The smallest absolute Gasteiger partial charge is 0.293 e. The van der Waals surface area contributed by atoms with Gasteiger partial charge in [0.05, 0.1) is 17.2 Å². The Labute approximate surface area is 197 Å². The highest BCUT2D eigenvalue weighted by molar-refractivity contribution is 8.14. The molecule has 33 heavy (non-hydrogen) atoms. The number of aromatic nitrogens is 2. The molecule has 2 aliphatic rings. The van der Waals surface area contributed by atoms with Crippen molar-refractivity contribution in [1.82, 2.24) is 9.97 Å². The van der Waals surface area contributed by atoms with Crippen LogP contribution in [0.3, 0.4) is 0 Å². The van der Waals surface area contributed by atoms with E-state index in [1.807, 2.05) is 48.2 Å². The summed E-state index contributed by atoms with van der Waals surface area (Å²) < 4.78 is 5.91. The van der Waals surface area contributed by atoms with Gasteiger partial charge >= 0.3 is 0 Å². The molecule has 2 aromatic carbocycles. The first-order valence-corrected chi connectivity index (χ1v) is 12.3. The number of hydrogen-bond acceptors (Lipinski definition) is 6. The Kier molecular flexibility index (Phi) is 6.13. The third kappa shape index (κ3) is 4.64. The van der Waals surface area contributed by atoms with Crippen LogP contribution in [0.1, 0.15) is 53.5 Å². The summed E-state index contributed by atoms with van der Waals surface area (Å²) in [4.78, 5) is 26.5. The molecule has 2 aliphatic heterocycles. The first-order chi connectivity index (χ1) is 16.1. The van der Waals surface area contributed by atoms with E-state index >= 15 is 0 Å². The molecular formula is C26H26N4O2S. The molecule has 1 unspecified atom stereocenters. The molecule has 1 aromatic heterocycles. The first-order valence-electron chi connectivity index (χ1n) is 11.3. The lowest BCUT2D eigenvalue weighted by Gasteiger charge is -2.38. The number of fused-ring (bicyclic) bond motifs is 2. The molecule has 1 spiro atoms. The van der Waals surface area contributed by atoms with Gasteiger partial charge < -0.3 is 10.1 Å². The summed E-state index contributed by atoms with van der Waals surface area (Å²) in [6, 6.07) is 15.9. The minimum absolute atomic E-state index is 0.149. The number of aliphatic imine (C=N–C) groups is 1. The van der Waals surface area contributed by atoms with E-state index in [1.54, 1.807) is 12.4 Å². The highest BCUT2D eigenvalue weighted by atomic mass is 32.2. The van der Waals surface area contributed by atoms with Crippen LogP contribution in [0.4, 0.5) is 5.69 Å². The van der Waals surface area contributed by atoms with Gasteiger partial charge in [-0.1, -0.05) is 37.3 Å². The summed E-state index contributed by atoms with van der Waals surface area (Å²) in [5.74, 6) is 1.72. The van der Waals surface area contributed by atoms with Gasteiger partial charge in [-0.2, -0.15) is 0 Å². The van der Waals surface area contributed by atoms with Crippen molar-refractivity contribution in [2.45, 2.75) is 38.1 Å². The number of amides is 1. The summed E-state index contributed by atoms with van der Waals surface area (Å²) in [5, 5.41) is 4.14. The highest BCUT2D eigenvalue weighted by Crippen LogP contribution is 2.47. The average molecular weight is 459 g/mol. The Morgan fingerprint density at radius 1 is 1.09 bits per heavy atom. The van der Waals surface area contributed by atoms with E-state index in [-0.39, 0.29) is 17.3 Å². The topological polar surface area (TPSA) is 76.5 Å². The van der Waals surface area contributed by atoms with Crippen molar-refractivity contribution < 1.29 is 9.53 Å². The molecule has 0 radical (unpaired) electrons. The maximum atomic E-state index is 12.8. The molecule has 0 bridgehead atoms. The number of carbonyl (C=O) groups is 1. The van der Waals surface area contributed by atoms with Crippen LogP contribution in [-0.4, -0.2) is 33.3 Å². The van der Waals surface area contributed by atoms with Crippen LogP contribution in [0.15, 0.2) is 65.9 Å². The van der Waals surface area contributed by atoms with Gasteiger partial charge in [0.2, 0.25) is 5.82 Å². The maximum Gasteiger partial charge on any atom is 0.293 e. The van der Waals surface area contributed by atoms with E-state index in [9.17, 15) is 4.79 Å². The third-order valence-electron chi connectivity index (χ3n) is 6.10. The number of ether oxygens (including phenoxy) is 1. The second-order valence-corrected chi connectivity index (χ2v) is 9.50. The van der Waals surface area contributed by atoms with Crippen LogP contribution >= 0.6 is 11.8 Å². The molecule has 5 rings (SSSR count). The van der Waals surface area contributed by atoms with Gasteiger partial charge in [0.1, 0.15) is 5.75 Å². The maximum absolute atomic E-state index is 12.8. The standard InChI is InChI=1S/C26H26N4O2S/c1-2-23-30-26(11-13-33-23)10-12-32-22-9-8-20(15-21(22)26)29-25(31)24-27-16-19(17-28-24)14-18-6-4-3-5-7-18/h3-9,15-17H,2,10-14H2,1H3,(H,29,31). The van der Waals surface area contributed by atoms with E-state index in [1.165, 1.54) is 10.6 Å². The summed E-state index contributed by atoms with van der Waals surface area (Å²) >= 11 is 1.84. The van der Waals surface area contributed by atoms with Crippen LogP contribution in [0.25, 0.3) is 0 Å². The molecule has 0 fully saturated rings. The molecule has 168 valence electrons. The van der Waals surface area contributed by atoms with E-state index in [4.69, 9.17) is 9.73 Å². The molecule has 1 atom stereocenters. The van der Waals surface area contributed by atoms with Gasteiger partial charge in [-0.05, 0) is 42.2 Å². The zero-order valence-electron chi connectivity index (χ0n) is 18.6. The van der Waals surface area contributed by atoms with Gasteiger partial charge in [-0.25, -0.2) is 9.97 Å². The molecule has 1 N–H and O–H groups in total. The van der Waals surface area contributed by atoms with Crippen molar-refractivity contribution in [1.29, 1.82) is 0 Å². The van der Waals surface area contributed by atoms with Crippen molar-refractivity contribution in [2.75, 3.05) is 17.7 Å². The fourth-order valence-corrected chi connectivity index (χ4v) is 5.48. The zero-order chi connectivity index (χ0) is 22.7. The van der Waals surface area contributed by atoms with Crippen molar-refractivity contribution in [3.63, 3.8) is 0 Å². The fraction of sp³-hybridized carbons (Fsp3) is 0.308. The van der Waals surface area contributed by atoms with Crippen molar-refractivity contribution in [3.8, 4) is 5.75 Å². The average Bonchev–Trinajstić information content (AvgIpc) is 2.86. The predicted molar refractivity (Wildman–Crippen MR) is 132 cm³/mol. The lowest BCUT2D eigenvalue weighted by atomic mass is 9.82. The number of rotatable bonds is 5. The lowest BCUT2D eigenvalue weighted by Crippen LogP contribution is -2.35. The SMILES string of the molecule is CCC1=NC2(CCOc3ccc(NC(=O)c4ncc(Cc5ccccc5)cn4)cc32)CCS1. The number of carbonyl (C=O) groups excluding carboxylic acids is 1. The summed E-state index contributed by atoms with van der Waals surface area (Å²) in [7, 11) is 0. The van der Waals surface area contributed by atoms with Crippen molar-refractivity contribution in [3.05, 3.63) is 83.4 Å². The van der Waals surface area contributed by atoms with Crippen molar-refractivity contribution >= 4 is 28.4 Å². The Bertz CT molecular complexity index is 1180. The molecule has 7 heteroatoms. The molecular weight excluding hydrogens is 432 g/mol. The fourth-order valence-electron chi connectivity index (χ4n) is 4.37. The first kappa shape index (κ1) is 21.6. The normalized spacial score (nSPS) is 19.4. The number of hydrogen-bond donors (Lipinski definition) is 1. The quantitative estimate of drug-likeness (QED) is 0.566. The molecule has 3 heterocycles. The van der Waals surface area contributed by atoms with Crippen LogP contribution < -0.4 is 10.1 Å². The van der Waals surface area contributed by atoms with Gasteiger partial charge in [0.25, 0.3) is 5.91 Å². The van der Waals surface area contributed by atoms with Crippen LogP contribution in [0.2, 0.25) is 0 Å². The molecule has 0 aliphatic carbocycles. The largest absolute Gasteiger partial charge is 0.493 e. The molecule has 3 aromatic rings. The van der Waals surface area contributed by atoms with Gasteiger partial charge in [0, 0.05) is 42.2 Å². The van der Waals surface area contributed by atoms with E-state index in [2.05, 4.69) is 34.3 Å². The molecule has 0 saturated heterocycles. The number of benzene rings is 2. The van der Waals surface area contributed by atoms with Crippen LogP contribution in [0, 0.1) is 0 Å². The van der Waals surface area contributed by atoms with Crippen molar-refractivity contribution in [2.24, 2.45) is 4.99 Å². The number of nitrogens with one attached hydrogen (secondary N) is 1. The van der Waals surface area contributed by atoms with Gasteiger partial charge in [0.15, 0.2) is 0 Å². The molecule has 6 nitrogen and oxygen atoms in total. The van der Waals surface area contributed by atoms with Crippen LogP contribution in [0.5, 0.6) is 5.75 Å².